The molecule has 0 bridgehead atoms. The molecule has 0 aliphatic carbocycles. The SMILES string of the molecule is O=S(=O)(c1cc(Cl)cc(Cl)c1)c1cnc2cc(N3CCOCC3)ccc2c1N1CCOCC1. The highest BCUT2D eigenvalue weighted by Gasteiger charge is 2.28. The van der Waals surface area contributed by atoms with E-state index in [9.17, 15) is 8.42 Å². The molecule has 0 N–H and O–H groups in total. The molecule has 0 amide bonds. The molecular weight excluding hydrogens is 485 g/mol. The number of nitrogens with zero attached hydrogens (tertiary/aromatic N) is 3. The fourth-order valence-electron chi connectivity index (χ4n) is 4.29. The standard InChI is InChI=1S/C23H23Cl2N3O4S/c24-16-11-17(25)13-19(12-16)33(29,30)22-15-26-21-14-18(27-3-7-31-8-4-27)1-2-20(21)23(22)28-5-9-32-10-6-28/h1-2,11-15H,3-10H2. The molecule has 3 heterocycles. The molecule has 3 aromatic rings. The molecule has 10 heteroatoms. The van der Waals surface area contributed by atoms with Crippen LogP contribution >= 0.6 is 23.2 Å². The van der Waals surface area contributed by atoms with E-state index in [-0.39, 0.29) is 19.8 Å². The third kappa shape index (κ3) is 4.50. The van der Waals surface area contributed by atoms with Crippen LogP contribution in [-0.2, 0) is 19.3 Å². The summed E-state index contributed by atoms with van der Waals surface area (Å²) in [5.74, 6) is 0. The Morgan fingerprint density at radius 2 is 1.42 bits per heavy atom. The lowest BCUT2D eigenvalue weighted by Gasteiger charge is -2.32. The van der Waals surface area contributed by atoms with Gasteiger partial charge >= 0.3 is 0 Å². The lowest BCUT2D eigenvalue weighted by atomic mass is 10.1. The minimum atomic E-state index is -3.93. The van der Waals surface area contributed by atoms with Crippen LogP contribution in [0.4, 0.5) is 11.4 Å². The quantitative estimate of drug-likeness (QED) is 0.527. The largest absolute Gasteiger partial charge is 0.378 e. The Balaban J connectivity index is 1.67. The van der Waals surface area contributed by atoms with Gasteiger partial charge in [-0.3, -0.25) is 4.98 Å². The molecule has 2 aliphatic rings. The molecule has 0 radical (unpaired) electrons. The minimum Gasteiger partial charge on any atom is -0.378 e. The summed E-state index contributed by atoms with van der Waals surface area (Å²) >= 11 is 12.2. The predicted molar refractivity (Wildman–Crippen MR) is 130 cm³/mol. The number of morpholine rings is 2. The van der Waals surface area contributed by atoms with Crippen molar-refractivity contribution in [3.05, 3.63) is 52.6 Å². The summed E-state index contributed by atoms with van der Waals surface area (Å²) in [6, 6.07) is 10.3. The Morgan fingerprint density at radius 1 is 0.818 bits per heavy atom. The number of aromatic nitrogens is 1. The van der Waals surface area contributed by atoms with Gasteiger partial charge in [0.25, 0.3) is 0 Å². The van der Waals surface area contributed by atoms with Crippen LogP contribution in [0, 0.1) is 0 Å². The second-order valence-electron chi connectivity index (χ2n) is 7.98. The molecular formula is C23H23Cl2N3O4S. The third-order valence-electron chi connectivity index (χ3n) is 5.93. The van der Waals surface area contributed by atoms with E-state index in [2.05, 4.69) is 14.8 Å². The summed E-state index contributed by atoms with van der Waals surface area (Å²) in [6.45, 7) is 5.21. The van der Waals surface area contributed by atoms with Gasteiger partial charge in [0.05, 0.1) is 42.5 Å². The van der Waals surface area contributed by atoms with E-state index in [0.29, 0.717) is 45.2 Å². The van der Waals surface area contributed by atoms with Crippen LogP contribution in [0.5, 0.6) is 0 Å². The number of hydrogen-bond donors (Lipinski definition) is 0. The summed E-state index contributed by atoms with van der Waals surface area (Å²) in [4.78, 5) is 9.05. The number of pyridine rings is 1. The second-order valence-corrected chi connectivity index (χ2v) is 10.8. The molecule has 2 aliphatic heterocycles. The number of halogens is 2. The van der Waals surface area contributed by atoms with Crippen molar-refractivity contribution in [2.75, 3.05) is 62.4 Å². The van der Waals surface area contributed by atoms with Crippen molar-refractivity contribution in [2.45, 2.75) is 9.79 Å². The Bertz CT molecular complexity index is 1270. The zero-order valence-electron chi connectivity index (χ0n) is 17.8. The molecule has 2 aromatic carbocycles. The van der Waals surface area contributed by atoms with Crippen molar-refractivity contribution in [2.24, 2.45) is 0 Å². The molecule has 2 fully saturated rings. The molecule has 0 unspecified atom stereocenters. The van der Waals surface area contributed by atoms with Crippen molar-refractivity contribution in [1.82, 2.24) is 4.98 Å². The summed E-state index contributed by atoms with van der Waals surface area (Å²) in [5, 5.41) is 1.30. The maximum atomic E-state index is 13.7. The molecule has 174 valence electrons. The van der Waals surface area contributed by atoms with Crippen molar-refractivity contribution in [1.29, 1.82) is 0 Å². The molecule has 5 rings (SSSR count). The van der Waals surface area contributed by atoms with Gasteiger partial charge < -0.3 is 19.3 Å². The maximum Gasteiger partial charge on any atom is 0.210 e. The highest BCUT2D eigenvalue weighted by Crippen LogP contribution is 2.38. The highest BCUT2D eigenvalue weighted by atomic mass is 35.5. The average molecular weight is 508 g/mol. The molecule has 1 aromatic heterocycles. The van der Waals surface area contributed by atoms with Gasteiger partial charge in [0.15, 0.2) is 0 Å². The van der Waals surface area contributed by atoms with Gasteiger partial charge in [-0.25, -0.2) is 8.42 Å². The lowest BCUT2D eigenvalue weighted by molar-refractivity contribution is 0.122. The molecule has 0 spiro atoms. The number of sulfone groups is 1. The van der Waals surface area contributed by atoms with E-state index in [0.717, 1.165) is 29.7 Å². The lowest BCUT2D eigenvalue weighted by Crippen LogP contribution is -2.37. The highest BCUT2D eigenvalue weighted by molar-refractivity contribution is 7.91. The number of hydrogen-bond acceptors (Lipinski definition) is 7. The van der Waals surface area contributed by atoms with Gasteiger partial charge in [-0.05, 0) is 36.4 Å². The number of rotatable bonds is 4. The van der Waals surface area contributed by atoms with Crippen molar-refractivity contribution in [3.63, 3.8) is 0 Å². The van der Waals surface area contributed by atoms with E-state index >= 15 is 0 Å². The van der Waals surface area contributed by atoms with Crippen LogP contribution in [0.2, 0.25) is 10.0 Å². The Morgan fingerprint density at radius 3 is 2.06 bits per heavy atom. The van der Waals surface area contributed by atoms with Crippen LogP contribution in [0.3, 0.4) is 0 Å². The normalized spacial score (nSPS) is 17.5. The maximum absolute atomic E-state index is 13.7. The van der Waals surface area contributed by atoms with Crippen LogP contribution in [0.1, 0.15) is 0 Å². The third-order valence-corrected chi connectivity index (χ3v) is 8.10. The average Bonchev–Trinajstić information content (AvgIpc) is 2.83. The number of fused-ring (bicyclic) bond motifs is 1. The Labute approximate surface area is 202 Å². The molecule has 7 nitrogen and oxygen atoms in total. The van der Waals surface area contributed by atoms with E-state index in [1.165, 1.54) is 24.4 Å². The predicted octanol–water partition coefficient (Wildman–Crippen LogP) is 4.05. The van der Waals surface area contributed by atoms with Gasteiger partial charge in [0.2, 0.25) is 9.84 Å². The summed E-state index contributed by atoms with van der Waals surface area (Å²) < 4.78 is 38.4. The van der Waals surface area contributed by atoms with Crippen LogP contribution in [0.25, 0.3) is 10.9 Å². The van der Waals surface area contributed by atoms with Gasteiger partial charge in [0.1, 0.15) is 4.90 Å². The van der Waals surface area contributed by atoms with E-state index < -0.39 is 9.84 Å². The Hall–Kier alpha value is -2.10. The second kappa shape index (κ2) is 9.27. The fourth-order valence-corrected chi connectivity index (χ4v) is 6.45. The Kier molecular flexibility index (Phi) is 6.37. The summed E-state index contributed by atoms with van der Waals surface area (Å²) in [6.07, 6.45) is 1.44. The fraction of sp³-hybridized carbons (Fsp3) is 0.348. The van der Waals surface area contributed by atoms with E-state index in [1.54, 1.807) is 0 Å². The topological polar surface area (TPSA) is 72.0 Å². The monoisotopic (exact) mass is 507 g/mol. The van der Waals surface area contributed by atoms with Crippen molar-refractivity contribution in [3.8, 4) is 0 Å². The number of anilines is 2. The van der Waals surface area contributed by atoms with Crippen LogP contribution in [-0.4, -0.2) is 66.0 Å². The molecule has 33 heavy (non-hydrogen) atoms. The van der Waals surface area contributed by atoms with Gasteiger partial charge in [0, 0.05) is 53.5 Å². The van der Waals surface area contributed by atoms with Gasteiger partial charge in [-0.2, -0.15) is 0 Å². The first-order valence-corrected chi connectivity index (χ1v) is 13.0. The van der Waals surface area contributed by atoms with E-state index in [4.69, 9.17) is 32.7 Å². The van der Waals surface area contributed by atoms with Crippen molar-refractivity contribution >= 4 is 55.3 Å². The van der Waals surface area contributed by atoms with Gasteiger partial charge in [-0.15, -0.1) is 0 Å². The van der Waals surface area contributed by atoms with Crippen LogP contribution in [0.15, 0.2) is 52.4 Å². The molecule has 0 saturated carbocycles. The zero-order valence-corrected chi connectivity index (χ0v) is 20.2. The number of ether oxygens (including phenoxy) is 2. The van der Waals surface area contributed by atoms with E-state index in [1.807, 2.05) is 18.2 Å². The number of benzene rings is 2. The van der Waals surface area contributed by atoms with Gasteiger partial charge in [-0.1, -0.05) is 23.2 Å². The summed E-state index contributed by atoms with van der Waals surface area (Å²) in [7, 11) is -3.93. The molecule has 2 saturated heterocycles. The van der Waals surface area contributed by atoms with Crippen LogP contribution < -0.4 is 9.80 Å². The smallest absolute Gasteiger partial charge is 0.210 e. The summed E-state index contributed by atoms with van der Waals surface area (Å²) in [5.41, 5.74) is 2.42. The first-order valence-electron chi connectivity index (χ1n) is 10.7. The first-order chi connectivity index (χ1) is 15.9. The van der Waals surface area contributed by atoms with Crippen molar-refractivity contribution < 1.29 is 17.9 Å². The molecule has 0 atom stereocenters. The zero-order chi connectivity index (χ0) is 23.0. The minimum absolute atomic E-state index is 0.0422. The first kappa shape index (κ1) is 22.7.